The molecule has 1 unspecified atom stereocenters. The van der Waals surface area contributed by atoms with Crippen molar-refractivity contribution in [2.75, 3.05) is 52.6 Å². The largest absolute Gasteiger partial charge is 0.507 e. The van der Waals surface area contributed by atoms with E-state index in [4.69, 9.17) is 14.2 Å². The summed E-state index contributed by atoms with van der Waals surface area (Å²) >= 11 is 0. The Kier molecular flexibility index (Phi) is 8.05. The van der Waals surface area contributed by atoms with Gasteiger partial charge in [-0.2, -0.15) is 0 Å². The van der Waals surface area contributed by atoms with Crippen molar-refractivity contribution in [2.24, 2.45) is 0 Å². The van der Waals surface area contributed by atoms with Crippen molar-refractivity contribution in [3.05, 3.63) is 65.2 Å². The van der Waals surface area contributed by atoms with E-state index >= 15 is 0 Å². The van der Waals surface area contributed by atoms with E-state index in [9.17, 15) is 14.7 Å². The van der Waals surface area contributed by atoms with Crippen molar-refractivity contribution in [3.8, 4) is 11.5 Å². The number of carbonyl (C=O) groups is 2. The van der Waals surface area contributed by atoms with E-state index in [1.165, 1.54) is 0 Å². The lowest BCUT2D eigenvalue weighted by Crippen LogP contribution is -2.42. The van der Waals surface area contributed by atoms with Gasteiger partial charge in [0.15, 0.2) is 0 Å². The summed E-state index contributed by atoms with van der Waals surface area (Å²) in [7, 11) is 0. The Labute approximate surface area is 205 Å². The number of aliphatic hydroxyl groups excluding tert-OH is 1. The van der Waals surface area contributed by atoms with Gasteiger partial charge in [-0.1, -0.05) is 12.1 Å². The smallest absolute Gasteiger partial charge is 0.295 e. The summed E-state index contributed by atoms with van der Waals surface area (Å²) in [5.41, 5.74) is 1.28. The molecule has 186 valence electrons. The molecule has 2 fully saturated rings. The highest BCUT2D eigenvalue weighted by atomic mass is 16.5. The second-order valence-electron chi connectivity index (χ2n) is 8.41. The molecule has 0 radical (unpaired) electrons. The first-order valence-electron chi connectivity index (χ1n) is 12.1. The summed E-state index contributed by atoms with van der Waals surface area (Å²) in [6, 6.07) is 13.5. The number of morpholine rings is 1. The van der Waals surface area contributed by atoms with Gasteiger partial charge >= 0.3 is 0 Å². The second kappa shape index (κ2) is 11.4. The predicted molar refractivity (Wildman–Crippen MR) is 131 cm³/mol. The minimum atomic E-state index is -0.696. The molecule has 0 spiro atoms. The molecule has 1 amide bonds. The normalized spacial score (nSPS) is 20.3. The van der Waals surface area contributed by atoms with Crippen molar-refractivity contribution >= 4 is 17.4 Å². The van der Waals surface area contributed by atoms with Crippen LogP contribution in [0.3, 0.4) is 0 Å². The molecule has 2 heterocycles. The van der Waals surface area contributed by atoms with Gasteiger partial charge in [0.2, 0.25) is 0 Å². The molecule has 2 aromatic carbocycles. The zero-order valence-corrected chi connectivity index (χ0v) is 20.2. The van der Waals surface area contributed by atoms with Gasteiger partial charge in [-0.05, 0) is 55.8 Å². The third kappa shape index (κ3) is 5.49. The third-order valence-corrected chi connectivity index (χ3v) is 6.25. The fraction of sp³-hybridized carbons (Fsp3) is 0.407. The maximum Gasteiger partial charge on any atom is 0.295 e. The van der Waals surface area contributed by atoms with Crippen molar-refractivity contribution in [2.45, 2.75) is 19.9 Å². The number of hydrogen-bond acceptors (Lipinski definition) is 7. The molecule has 1 N–H and O–H groups in total. The molecule has 0 saturated carbocycles. The fourth-order valence-corrected chi connectivity index (χ4v) is 4.48. The number of Topliss-reactive ketones (excluding diaryl/α,β-unsaturated/α-hetero) is 1. The highest BCUT2D eigenvalue weighted by Crippen LogP contribution is 2.40. The van der Waals surface area contributed by atoms with Gasteiger partial charge in [0.05, 0.1) is 38.0 Å². The van der Waals surface area contributed by atoms with Gasteiger partial charge in [-0.25, -0.2) is 0 Å². The van der Waals surface area contributed by atoms with E-state index < -0.39 is 17.7 Å². The van der Waals surface area contributed by atoms with Crippen molar-refractivity contribution in [3.63, 3.8) is 0 Å². The number of rotatable bonds is 9. The Morgan fingerprint density at radius 2 is 1.49 bits per heavy atom. The van der Waals surface area contributed by atoms with Crippen LogP contribution in [0.25, 0.3) is 5.76 Å². The summed E-state index contributed by atoms with van der Waals surface area (Å²) in [5.74, 6) is -0.118. The number of carbonyl (C=O) groups excluding carboxylic acids is 2. The SMILES string of the molecule is CCOc1ccc(/C(O)=C2\C(=O)C(=O)N(CCN3CCOCC3)C2c2ccc(OCC)cc2)cc1. The zero-order valence-electron chi connectivity index (χ0n) is 20.2. The van der Waals surface area contributed by atoms with Crippen LogP contribution < -0.4 is 9.47 Å². The van der Waals surface area contributed by atoms with E-state index in [-0.39, 0.29) is 11.3 Å². The van der Waals surface area contributed by atoms with E-state index in [1.807, 2.05) is 38.1 Å². The number of ether oxygens (including phenoxy) is 3. The number of nitrogens with zero attached hydrogens (tertiary/aromatic N) is 2. The van der Waals surface area contributed by atoms with Crippen LogP contribution in [0.2, 0.25) is 0 Å². The molecule has 0 aromatic heterocycles. The summed E-state index contributed by atoms with van der Waals surface area (Å²) in [6.45, 7) is 8.71. The standard InChI is InChI=1S/C27H32N2O6/c1-3-34-21-9-5-19(6-10-21)24-23(25(30)20-7-11-22(12-8-20)35-4-2)26(31)27(32)29(24)14-13-28-15-17-33-18-16-28/h5-12,24,30H,3-4,13-18H2,1-2H3/b25-23+. The van der Waals surface area contributed by atoms with Crippen LogP contribution in [-0.2, 0) is 14.3 Å². The monoisotopic (exact) mass is 480 g/mol. The Bertz CT molecular complexity index is 1060. The molecule has 0 aliphatic carbocycles. The molecule has 2 aliphatic rings. The molecular weight excluding hydrogens is 448 g/mol. The average molecular weight is 481 g/mol. The second-order valence-corrected chi connectivity index (χ2v) is 8.41. The molecular formula is C27H32N2O6. The summed E-state index contributed by atoms with van der Waals surface area (Å²) in [6.07, 6.45) is 0. The Morgan fingerprint density at radius 1 is 0.914 bits per heavy atom. The molecule has 1 atom stereocenters. The van der Waals surface area contributed by atoms with Crippen molar-refractivity contribution in [1.82, 2.24) is 9.80 Å². The van der Waals surface area contributed by atoms with Crippen LogP contribution in [-0.4, -0.2) is 79.2 Å². The van der Waals surface area contributed by atoms with Crippen molar-refractivity contribution < 1.29 is 28.9 Å². The molecule has 8 heteroatoms. The first kappa shape index (κ1) is 24.8. The van der Waals surface area contributed by atoms with Crippen LogP contribution in [0.5, 0.6) is 11.5 Å². The van der Waals surface area contributed by atoms with Gasteiger partial charge in [0.1, 0.15) is 17.3 Å². The highest BCUT2D eigenvalue weighted by Gasteiger charge is 2.46. The van der Waals surface area contributed by atoms with E-state index in [0.29, 0.717) is 56.6 Å². The Balaban J connectivity index is 1.70. The fourth-order valence-electron chi connectivity index (χ4n) is 4.48. The number of hydrogen-bond donors (Lipinski definition) is 1. The van der Waals surface area contributed by atoms with Crippen molar-refractivity contribution in [1.29, 1.82) is 0 Å². The summed E-state index contributed by atoms with van der Waals surface area (Å²) < 4.78 is 16.4. The van der Waals surface area contributed by atoms with Crippen LogP contribution in [0.4, 0.5) is 0 Å². The lowest BCUT2D eigenvalue weighted by atomic mass is 9.95. The molecule has 2 saturated heterocycles. The topological polar surface area (TPSA) is 88.5 Å². The average Bonchev–Trinajstić information content (AvgIpc) is 3.14. The predicted octanol–water partition coefficient (Wildman–Crippen LogP) is 3.24. The van der Waals surface area contributed by atoms with Crippen LogP contribution >= 0.6 is 0 Å². The third-order valence-electron chi connectivity index (χ3n) is 6.25. The lowest BCUT2D eigenvalue weighted by Gasteiger charge is -2.31. The first-order valence-corrected chi connectivity index (χ1v) is 12.1. The quantitative estimate of drug-likeness (QED) is 0.335. The van der Waals surface area contributed by atoms with Gasteiger partial charge in [-0.15, -0.1) is 0 Å². The van der Waals surface area contributed by atoms with Crippen LogP contribution in [0.1, 0.15) is 31.0 Å². The Hall–Kier alpha value is -3.36. The van der Waals surface area contributed by atoms with E-state index in [2.05, 4.69) is 4.90 Å². The maximum absolute atomic E-state index is 13.2. The molecule has 8 nitrogen and oxygen atoms in total. The first-order chi connectivity index (χ1) is 17.0. The van der Waals surface area contributed by atoms with Gasteiger partial charge in [0.25, 0.3) is 11.7 Å². The highest BCUT2D eigenvalue weighted by molar-refractivity contribution is 6.46. The number of likely N-dealkylation sites (tertiary alicyclic amines) is 1. The summed E-state index contributed by atoms with van der Waals surface area (Å²) in [4.78, 5) is 30.1. The van der Waals surface area contributed by atoms with Gasteiger partial charge < -0.3 is 24.2 Å². The molecule has 0 bridgehead atoms. The maximum atomic E-state index is 13.2. The minimum Gasteiger partial charge on any atom is -0.507 e. The lowest BCUT2D eigenvalue weighted by molar-refractivity contribution is -0.140. The molecule has 35 heavy (non-hydrogen) atoms. The van der Waals surface area contributed by atoms with Crippen LogP contribution in [0, 0.1) is 0 Å². The van der Waals surface area contributed by atoms with Crippen LogP contribution in [0.15, 0.2) is 54.1 Å². The van der Waals surface area contributed by atoms with Gasteiger partial charge in [0, 0.05) is 31.7 Å². The van der Waals surface area contributed by atoms with E-state index in [0.717, 1.165) is 18.7 Å². The molecule has 4 rings (SSSR count). The number of ketones is 1. The van der Waals surface area contributed by atoms with E-state index in [1.54, 1.807) is 29.2 Å². The zero-order chi connectivity index (χ0) is 24.8. The number of aliphatic hydroxyl groups is 1. The number of amides is 1. The summed E-state index contributed by atoms with van der Waals surface area (Å²) in [5, 5.41) is 11.2. The minimum absolute atomic E-state index is 0.0882. The molecule has 2 aliphatic heterocycles. The Morgan fingerprint density at radius 3 is 2.06 bits per heavy atom. The molecule has 2 aromatic rings. The number of benzene rings is 2. The van der Waals surface area contributed by atoms with Gasteiger partial charge in [-0.3, -0.25) is 14.5 Å².